The van der Waals surface area contributed by atoms with Crippen molar-refractivity contribution < 1.29 is 4.74 Å². The molecule has 0 radical (unpaired) electrons. The Morgan fingerprint density at radius 2 is 2.33 bits per heavy atom. The molecule has 0 amide bonds. The van der Waals surface area contributed by atoms with E-state index >= 15 is 0 Å². The number of fused-ring (bicyclic) bond motifs is 1. The van der Waals surface area contributed by atoms with E-state index in [9.17, 15) is 0 Å². The zero-order chi connectivity index (χ0) is 14.7. The normalized spacial score (nSPS) is 18.9. The molecule has 1 atom stereocenters. The Kier molecular flexibility index (Phi) is 4.73. The van der Waals surface area contributed by atoms with E-state index in [-0.39, 0.29) is 0 Å². The summed E-state index contributed by atoms with van der Waals surface area (Å²) < 4.78 is 7.75. The smallest absolute Gasteiger partial charge is 0.0801 e. The minimum absolute atomic E-state index is 0.439. The van der Waals surface area contributed by atoms with E-state index in [4.69, 9.17) is 9.84 Å². The van der Waals surface area contributed by atoms with Crippen molar-refractivity contribution in [1.82, 2.24) is 14.7 Å². The molecule has 3 heterocycles. The number of thiophene rings is 1. The van der Waals surface area contributed by atoms with E-state index in [0.717, 1.165) is 39.4 Å². The van der Waals surface area contributed by atoms with E-state index < -0.39 is 0 Å². The minimum Gasteiger partial charge on any atom is -0.381 e. The van der Waals surface area contributed by atoms with Crippen LogP contribution in [0.4, 0.5) is 0 Å². The summed E-state index contributed by atoms with van der Waals surface area (Å²) in [4.78, 5) is 3.91. The number of aryl methyl sites for hydroxylation is 1. The van der Waals surface area contributed by atoms with Gasteiger partial charge in [-0.3, -0.25) is 9.58 Å². The predicted molar refractivity (Wildman–Crippen MR) is 85.6 cm³/mol. The van der Waals surface area contributed by atoms with Crippen molar-refractivity contribution >= 4 is 11.3 Å². The molecule has 0 aliphatic carbocycles. The van der Waals surface area contributed by atoms with Gasteiger partial charge in [-0.2, -0.15) is 5.10 Å². The van der Waals surface area contributed by atoms with Crippen LogP contribution < -0.4 is 0 Å². The molecule has 3 rings (SSSR count). The lowest BCUT2D eigenvalue weighted by Gasteiger charge is -2.31. The number of hydrogen-bond acceptors (Lipinski definition) is 4. The molecule has 2 aromatic rings. The first kappa shape index (κ1) is 14.8. The molecule has 0 aromatic carbocycles. The van der Waals surface area contributed by atoms with Crippen LogP contribution in [0.5, 0.6) is 0 Å². The number of hydrogen-bond donors (Lipinski definition) is 0. The Hall–Kier alpha value is -1.17. The fraction of sp³-hybridized carbons (Fsp3) is 0.562. The van der Waals surface area contributed by atoms with Crippen LogP contribution in [0.15, 0.2) is 23.7 Å². The van der Waals surface area contributed by atoms with Crippen molar-refractivity contribution in [1.29, 1.82) is 0 Å². The maximum atomic E-state index is 5.70. The average molecular weight is 305 g/mol. The second kappa shape index (κ2) is 6.73. The van der Waals surface area contributed by atoms with Gasteiger partial charge in [-0.05, 0) is 25.3 Å². The van der Waals surface area contributed by atoms with Crippen molar-refractivity contribution in [3.8, 4) is 0 Å². The van der Waals surface area contributed by atoms with Crippen LogP contribution in [0.25, 0.3) is 0 Å². The topological polar surface area (TPSA) is 30.3 Å². The SMILES string of the molecule is CCOCC1CN(Cc2cccs2)Cc2nn(CC)cc21. The minimum atomic E-state index is 0.439. The summed E-state index contributed by atoms with van der Waals surface area (Å²) in [6, 6.07) is 4.33. The first-order valence-corrected chi connectivity index (χ1v) is 8.56. The molecule has 21 heavy (non-hydrogen) atoms. The fourth-order valence-corrected chi connectivity index (χ4v) is 3.68. The fourth-order valence-electron chi connectivity index (χ4n) is 2.94. The molecule has 2 aromatic heterocycles. The molecular formula is C16H23N3OS. The second-order valence-electron chi connectivity index (χ2n) is 5.49. The maximum Gasteiger partial charge on any atom is 0.0801 e. The molecule has 0 spiro atoms. The summed E-state index contributed by atoms with van der Waals surface area (Å²) in [5, 5.41) is 6.88. The van der Waals surface area contributed by atoms with Crippen molar-refractivity contribution in [2.24, 2.45) is 0 Å². The number of aromatic nitrogens is 2. The van der Waals surface area contributed by atoms with Crippen LogP contribution in [0.1, 0.15) is 35.9 Å². The lowest BCUT2D eigenvalue weighted by atomic mass is 9.95. The van der Waals surface area contributed by atoms with Gasteiger partial charge in [-0.1, -0.05) is 6.07 Å². The number of nitrogens with zero attached hydrogens (tertiary/aromatic N) is 3. The molecule has 0 bridgehead atoms. The molecule has 0 saturated carbocycles. The Morgan fingerprint density at radius 3 is 3.05 bits per heavy atom. The van der Waals surface area contributed by atoms with Crippen LogP contribution in [0.2, 0.25) is 0 Å². The third-order valence-corrected chi connectivity index (χ3v) is 4.83. The van der Waals surface area contributed by atoms with Gasteiger partial charge in [0.25, 0.3) is 0 Å². The summed E-state index contributed by atoms with van der Waals surface area (Å²) in [5.41, 5.74) is 2.61. The van der Waals surface area contributed by atoms with Crippen LogP contribution in [-0.4, -0.2) is 34.4 Å². The van der Waals surface area contributed by atoms with Gasteiger partial charge in [0.1, 0.15) is 0 Å². The Morgan fingerprint density at radius 1 is 1.43 bits per heavy atom. The number of ether oxygens (including phenoxy) is 1. The number of rotatable bonds is 6. The predicted octanol–water partition coefficient (Wildman–Crippen LogP) is 3.10. The highest BCUT2D eigenvalue weighted by molar-refractivity contribution is 7.09. The standard InChI is InChI=1S/C16H23N3OS/c1-3-19-10-15-13(12-20-4-2)8-18(11-16(15)17-19)9-14-6-5-7-21-14/h5-7,10,13H,3-4,8-9,11-12H2,1-2H3. The van der Waals surface area contributed by atoms with E-state index in [1.54, 1.807) is 0 Å². The first-order valence-electron chi connectivity index (χ1n) is 7.68. The Bertz CT molecular complexity index is 564. The van der Waals surface area contributed by atoms with E-state index in [2.05, 4.69) is 47.1 Å². The molecule has 0 saturated heterocycles. The summed E-state index contributed by atoms with van der Waals surface area (Å²) >= 11 is 1.83. The molecule has 114 valence electrons. The third-order valence-electron chi connectivity index (χ3n) is 3.97. The van der Waals surface area contributed by atoms with Gasteiger partial charge in [0.2, 0.25) is 0 Å². The lowest BCUT2D eigenvalue weighted by Crippen LogP contribution is -2.34. The molecule has 1 aliphatic rings. The van der Waals surface area contributed by atoms with Gasteiger partial charge in [-0.25, -0.2) is 0 Å². The van der Waals surface area contributed by atoms with E-state index in [0.29, 0.717) is 5.92 Å². The zero-order valence-corrected chi connectivity index (χ0v) is 13.6. The van der Waals surface area contributed by atoms with Gasteiger partial charge in [0.15, 0.2) is 0 Å². The van der Waals surface area contributed by atoms with Crippen molar-refractivity contribution in [3.63, 3.8) is 0 Å². The van der Waals surface area contributed by atoms with E-state index in [1.165, 1.54) is 16.1 Å². The molecule has 0 N–H and O–H groups in total. The Labute approximate surface area is 130 Å². The van der Waals surface area contributed by atoms with Gasteiger partial charge >= 0.3 is 0 Å². The first-order chi connectivity index (χ1) is 10.3. The van der Waals surface area contributed by atoms with Crippen LogP contribution in [0, 0.1) is 0 Å². The van der Waals surface area contributed by atoms with Crippen molar-refractivity contribution in [2.45, 2.75) is 39.4 Å². The summed E-state index contributed by atoms with van der Waals surface area (Å²) in [7, 11) is 0. The maximum absolute atomic E-state index is 5.70. The van der Waals surface area contributed by atoms with Gasteiger partial charge in [0.05, 0.1) is 12.3 Å². The van der Waals surface area contributed by atoms with Gasteiger partial charge in [0, 0.05) is 55.3 Å². The monoisotopic (exact) mass is 305 g/mol. The molecule has 4 nitrogen and oxygen atoms in total. The quantitative estimate of drug-likeness (QED) is 0.821. The van der Waals surface area contributed by atoms with E-state index in [1.807, 2.05) is 11.3 Å². The van der Waals surface area contributed by atoms with Crippen LogP contribution >= 0.6 is 11.3 Å². The molecular weight excluding hydrogens is 282 g/mol. The summed E-state index contributed by atoms with van der Waals surface area (Å²) in [6.07, 6.45) is 2.21. The van der Waals surface area contributed by atoms with Crippen molar-refractivity contribution in [2.75, 3.05) is 19.8 Å². The highest BCUT2D eigenvalue weighted by Crippen LogP contribution is 2.29. The van der Waals surface area contributed by atoms with Crippen LogP contribution in [-0.2, 0) is 24.4 Å². The highest BCUT2D eigenvalue weighted by Gasteiger charge is 2.28. The Balaban J connectivity index is 1.77. The van der Waals surface area contributed by atoms with Gasteiger partial charge in [-0.15, -0.1) is 11.3 Å². The average Bonchev–Trinajstić information content (AvgIpc) is 3.13. The largest absolute Gasteiger partial charge is 0.381 e. The van der Waals surface area contributed by atoms with Gasteiger partial charge < -0.3 is 4.74 Å². The molecule has 0 fully saturated rings. The van der Waals surface area contributed by atoms with Crippen LogP contribution in [0.3, 0.4) is 0 Å². The lowest BCUT2D eigenvalue weighted by molar-refractivity contribution is 0.105. The zero-order valence-electron chi connectivity index (χ0n) is 12.8. The molecule has 5 heteroatoms. The summed E-state index contributed by atoms with van der Waals surface area (Å²) in [6.45, 7) is 9.71. The molecule has 1 aliphatic heterocycles. The molecule has 1 unspecified atom stereocenters. The third kappa shape index (κ3) is 3.36. The highest BCUT2D eigenvalue weighted by atomic mass is 32.1. The van der Waals surface area contributed by atoms with Crippen molar-refractivity contribution in [3.05, 3.63) is 39.8 Å². The second-order valence-corrected chi connectivity index (χ2v) is 6.52. The summed E-state index contributed by atoms with van der Waals surface area (Å²) in [5.74, 6) is 0.439.